The number of carbonyl (C=O) groups excluding carboxylic acids is 3. The van der Waals surface area contributed by atoms with Crippen molar-refractivity contribution in [3.05, 3.63) is 0 Å². The van der Waals surface area contributed by atoms with E-state index in [0.29, 0.717) is 25.7 Å². The number of hydrogen-bond donors (Lipinski definition) is 7. The van der Waals surface area contributed by atoms with Crippen molar-refractivity contribution in [2.45, 2.75) is 83.0 Å². The molecule has 14 heteroatoms. The van der Waals surface area contributed by atoms with Gasteiger partial charge in [-0.05, 0) is 38.0 Å². The molecule has 10 N–H and O–H groups in total. The van der Waals surface area contributed by atoms with Crippen LogP contribution in [0.2, 0.25) is 0 Å². The molecule has 1 saturated heterocycles. The number of guanidine groups is 1. The van der Waals surface area contributed by atoms with Crippen LogP contribution < -0.4 is 27.8 Å². The average Bonchev–Trinajstić information content (AvgIpc) is 3.31. The molecule has 0 bridgehead atoms. The standard InChI is InChI=1S/C22H39N7O7/c1-3-12(2)17(21(35)36)28-18(32)14(6-4-10-26-22(24)25)27-19(33)15-7-5-11-29(15)20(34)13(23)8-9-16(30)31/h12-15,17H,3-11,23H2,1-2H3,(H,27,33)(H,28,32)(H,30,31)(H,35,36)(H4,24,25,26). The van der Waals surface area contributed by atoms with Crippen LogP contribution in [0.15, 0.2) is 4.99 Å². The largest absolute Gasteiger partial charge is 0.481 e. The lowest BCUT2D eigenvalue weighted by molar-refractivity contribution is -0.144. The maximum atomic E-state index is 13.1. The van der Waals surface area contributed by atoms with Crippen LogP contribution in [0.5, 0.6) is 0 Å². The SMILES string of the molecule is CCC(C)C(NC(=O)C(CCCN=C(N)N)NC(=O)C1CCCN1C(=O)C(N)CCC(=O)O)C(=O)O. The minimum Gasteiger partial charge on any atom is -0.481 e. The molecule has 1 aliphatic rings. The third-order valence-corrected chi connectivity index (χ3v) is 6.18. The lowest BCUT2D eigenvalue weighted by Gasteiger charge is -2.29. The van der Waals surface area contributed by atoms with Gasteiger partial charge < -0.3 is 42.9 Å². The second-order valence-corrected chi connectivity index (χ2v) is 8.95. The van der Waals surface area contributed by atoms with Gasteiger partial charge in [-0.15, -0.1) is 0 Å². The monoisotopic (exact) mass is 513 g/mol. The summed E-state index contributed by atoms with van der Waals surface area (Å²) in [4.78, 5) is 66.5. The number of hydrogen-bond acceptors (Lipinski definition) is 7. The zero-order valence-electron chi connectivity index (χ0n) is 20.8. The van der Waals surface area contributed by atoms with E-state index in [9.17, 15) is 29.1 Å². The van der Waals surface area contributed by atoms with Gasteiger partial charge in [0.2, 0.25) is 17.7 Å². The van der Waals surface area contributed by atoms with Crippen LogP contribution in [0.25, 0.3) is 0 Å². The zero-order chi connectivity index (χ0) is 27.4. The van der Waals surface area contributed by atoms with Gasteiger partial charge in [0, 0.05) is 19.5 Å². The Hall–Kier alpha value is -3.42. The van der Waals surface area contributed by atoms with Crippen molar-refractivity contribution in [3.63, 3.8) is 0 Å². The van der Waals surface area contributed by atoms with Crippen molar-refractivity contribution in [2.75, 3.05) is 13.1 Å². The number of rotatable bonds is 15. The first-order valence-electron chi connectivity index (χ1n) is 12.1. The quantitative estimate of drug-likeness (QED) is 0.0744. The van der Waals surface area contributed by atoms with Gasteiger partial charge in [0.25, 0.3) is 0 Å². The Morgan fingerprint density at radius 2 is 1.78 bits per heavy atom. The van der Waals surface area contributed by atoms with Crippen molar-refractivity contribution in [1.82, 2.24) is 15.5 Å². The van der Waals surface area contributed by atoms with Crippen LogP contribution in [0.4, 0.5) is 0 Å². The Kier molecular flexibility index (Phi) is 12.6. The molecule has 204 valence electrons. The molecule has 1 rings (SSSR count). The predicted molar refractivity (Wildman–Crippen MR) is 130 cm³/mol. The van der Waals surface area contributed by atoms with Crippen LogP contribution in [-0.4, -0.2) is 88.0 Å². The summed E-state index contributed by atoms with van der Waals surface area (Å²) >= 11 is 0. The number of aliphatic imine (C=N–C) groups is 1. The Bertz CT molecular complexity index is 832. The molecule has 0 saturated carbocycles. The van der Waals surface area contributed by atoms with Gasteiger partial charge in [-0.1, -0.05) is 20.3 Å². The van der Waals surface area contributed by atoms with E-state index < -0.39 is 53.8 Å². The minimum atomic E-state index is -1.19. The topological polar surface area (TPSA) is 244 Å². The van der Waals surface area contributed by atoms with E-state index >= 15 is 0 Å². The zero-order valence-corrected chi connectivity index (χ0v) is 20.8. The van der Waals surface area contributed by atoms with Crippen LogP contribution in [0.1, 0.15) is 58.8 Å². The van der Waals surface area contributed by atoms with Crippen molar-refractivity contribution in [1.29, 1.82) is 0 Å². The number of nitrogens with zero attached hydrogens (tertiary/aromatic N) is 2. The fraction of sp³-hybridized carbons (Fsp3) is 0.727. The third kappa shape index (κ3) is 9.68. The van der Waals surface area contributed by atoms with Crippen LogP contribution >= 0.6 is 0 Å². The van der Waals surface area contributed by atoms with Crippen molar-refractivity contribution >= 4 is 35.6 Å². The molecule has 1 heterocycles. The van der Waals surface area contributed by atoms with Gasteiger partial charge >= 0.3 is 11.9 Å². The highest BCUT2D eigenvalue weighted by molar-refractivity contribution is 5.94. The van der Waals surface area contributed by atoms with Gasteiger partial charge in [-0.25, -0.2) is 4.79 Å². The molecule has 5 atom stereocenters. The molecule has 36 heavy (non-hydrogen) atoms. The summed E-state index contributed by atoms with van der Waals surface area (Å²) in [6, 6.07) is -4.18. The molecule has 0 aliphatic carbocycles. The molecule has 14 nitrogen and oxygen atoms in total. The maximum Gasteiger partial charge on any atom is 0.326 e. The molecule has 0 aromatic carbocycles. The predicted octanol–water partition coefficient (Wildman–Crippen LogP) is -1.68. The number of amides is 3. The van der Waals surface area contributed by atoms with E-state index in [0.717, 1.165) is 0 Å². The first-order chi connectivity index (χ1) is 16.9. The number of likely N-dealkylation sites (tertiary alicyclic amines) is 1. The number of nitrogens with two attached hydrogens (primary N) is 3. The van der Waals surface area contributed by atoms with Crippen molar-refractivity contribution in [2.24, 2.45) is 28.1 Å². The Labute approximate surface area is 210 Å². The van der Waals surface area contributed by atoms with Gasteiger partial charge in [0.1, 0.15) is 18.1 Å². The first-order valence-corrected chi connectivity index (χ1v) is 12.1. The fourth-order valence-electron chi connectivity index (χ4n) is 3.90. The number of carbonyl (C=O) groups is 5. The van der Waals surface area contributed by atoms with Gasteiger partial charge in [-0.3, -0.25) is 24.2 Å². The Balaban J connectivity index is 2.97. The molecule has 0 aromatic rings. The highest BCUT2D eigenvalue weighted by Crippen LogP contribution is 2.20. The molecule has 1 aliphatic heterocycles. The summed E-state index contributed by atoms with van der Waals surface area (Å²) in [5.41, 5.74) is 16.5. The Morgan fingerprint density at radius 1 is 1.11 bits per heavy atom. The van der Waals surface area contributed by atoms with Crippen molar-refractivity contribution in [3.8, 4) is 0 Å². The third-order valence-electron chi connectivity index (χ3n) is 6.18. The number of nitrogens with one attached hydrogen (secondary N) is 2. The van der Waals surface area contributed by atoms with Gasteiger partial charge in [0.15, 0.2) is 5.96 Å². The highest BCUT2D eigenvalue weighted by Gasteiger charge is 2.38. The Morgan fingerprint density at radius 3 is 2.33 bits per heavy atom. The molecule has 5 unspecified atom stereocenters. The molecule has 0 aromatic heterocycles. The van der Waals surface area contributed by atoms with Crippen molar-refractivity contribution < 1.29 is 34.2 Å². The highest BCUT2D eigenvalue weighted by atomic mass is 16.4. The van der Waals surface area contributed by atoms with E-state index in [4.69, 9.17) is 22.3 Å². The van der Waals surface area contributed by atoms with E-state index in [1.54, 1.807) is 13.8 Å². The molecular weight excluding hydrogens is 474 g/mol. The maximum absolute atomic E-state index is 13.1. The average molecular weight is 514 g/mol. The lowest BCUT2D eigenvalue weighted by atomic mass is 9.98. The summed E-state index contributed by atoms with van der Waals surface area (Å²) in [7, 11) is 0. The summed E-state index contributed by atoms with van der Waals surface area (Å²) in [6.45, 7) is 3.96. The minimum absolute atomic E-state index is 0.0684. The van der Waals surface area contributed by atoms with Crippen LogP contribution in [0, 0.1) is 5.92 Å². The van der Waals surface area contributed by atoms with Crippen LogP contribution in [0.3, 0.4) is 0 Å². The normalized spacial score (nSPS) is 18.4. The van der Waals surface area contributed by atoms with E-state index in [2.05, 4.69) is 15.6 Å². The van der Waals surface area contributed by atoms with E-state index in [1.807, 2.05) is 0 Å². The molecule has 3 amide bonds. The summed E-state index contributed by atoms with van der Waals surface area (Å²) in [5.74, 6) is -4.53. The molecular formula is C22H39N7O7. The summed E-state index contributed by atoms with van der Waals surface area (Å²) < 4.78 is 0. The fourth-order valence-corrected chi connectivity index (χ4v) is 3.90. The summed E-state index contributed by atoms with van der Waals surface area (Å²) in [5, 5.41) is 23.5. The number of aliphatic carboxylic acids is 2. The van der Waals surface area contributed by atoms with E-state index in [1.165, 1.54) is 4.90 Å². The second kappa shape index (κ2) is 14.9. The molecule has 1 fully saturated rings. The number of carboxylic acid groups (broad SMARTS) is 2. The molecule has 0 radical (unpaired) electrons. The first kappa shape index (κ1) is 30.6. The van der Waals surface area contributed by atoms with Gasteiger partial charge in [0.05, 0.1) is 6.04 Å². The second-order valence-electron chi connectivity index (χ2n) is 8.95. The summed E-state index contributed by atoms with van der Waals surface area (Å²) in [6.07, 6.45) is 1.49. The smallest absolute Gasteiger partial charge is 0.326 e. The van der Waals surface area contributed by atoms with Crippen LogP contribution in [-0.2, 0) is 24.0 Å². The number of carboxylic acids is 2. The molecule has 0 spiro atoms. The lowest BCUT2D eigenvalue weighted by Crippen LogP contribution is -2.57. The van der Waals surface area contributed by atoms with Gasteiger partial charge in [-0.2, -0.15) is 0 Å². The van der Waals surface area contributed by atoms with E-state index in [-0.39, 0.29) is 44.2 Å².